The van der Waals surface area contributed by atoms with Crippen LogP contribution in [-0.2, 0) is 10.0 Å². The second-order valence-corrected chi connectivity index (χ2v) is 5.85. The number of hydrogen-bond acceptors (Lipinski definition) is 2. The summed E-state index contributed by atoms with van der Waals surface area (Å²) in [6.07, 6.45) is -4.38. The number of nitrogens with zero attached hydrogens (tertiary/aromatic N) is 1. The molecule has 3 nitrogen and oxygen atoms in total. The lowest BCUT2D eigenvalue weighted by Crippen LogP contribution is -2.39. The first-order chi connectivity index (χ1) is 8.66. The molecule has 0 fully saturated rings. The molecule has 0 saturated carbocycles. The number of rotatable bonds is 5. The highest BCUT2D eigenvalue weighted by molar-refractivity contribution is 7.89. The Balaban J connectivity index is 3.09. The third kappa shape index (κ3) is 4.46. The van der Waals surface area contributed by atoms with Crippen molar-refractivity contribution < 1.29 is 26.0 Å². The van der Waals surface area contributed by atoms with Gasteiger partial charge in [-0.1, -0.05) is 6.92 Å². The average Bonchev–Trinajstić information content (AvgIpc) is 2.27. The molecule has 0 heterocycles. The van der Waals surface area contributed by atoms with Crippen LogP contribution in [-0.4, -0.2) is 32.0 Å². The number of sulfonamides is 1. The minimum atomic E-state index is -4.62. The molecule has 0 amide bonds. The molecule has 0 bridgehead atoms. The van der Waals surface area contributed by atoms with E-state index in [0.717, 1.165) is 24.3 Å². The van der Waals surface area contributed by atoms with Crippen LogP contribution in [0.2, 0.25) is 0 Å². The Hall–Kier alpha value is -1.15. The molecule has 0 radical (unpaired) electrons. The van der Waals surface area contributed by atoms with Gasteiger partial charge in [0.05, 0.1) is 4.90 Å². The van der Waals surface area contributed by atoms with Gasteiger partial charge in [-0.2, -0.15) is 17.5 Å². The predicted octanol–water partition coefficient (Wildman–Crippen LogP) is 2.79. The van der Waals surface area contributed by atoms with E-state index < -0.39 is 28.6 Å². The molecular formula is C11H13F4NO2S. The van der Waals surface area contributed by atoms with Gasteiger partial charge in [-0.15, -0.1) is 0 Å². The molecule has 0 spiro atoms. The number of halogens is 4. The standard InChI is InChI=1S/C11H13F4NO2S/c1-2-7-16(8-11(13,14)15)19(17,18)10-5-3-9(12)4-6-10/h3-6H,2,7-8H2,1H3. The first-order valence-electron chi connectivity index (χ1n) is 5.49. The van der Waals surface area contributed by atoms with Crippen molar-refractivity contribution in [2.45, 2.75) is 24.4 Å². The van der Waals surface area contributed by atoms with Crippen molar-refractivity contribution >= 4 is 10.0 Å². The summed E-state index contributed by atoms with van der Waals surface area (Å²) < 4.78 is 74.2. The van der Waals surface area contributed by atoms with E-state index in [2.05, 4.69) is 0 Å². The lowest BCUT2D eigenvalue weighted by atomic mass is 10.4. The van der Waals surface area contributed by atoms with Crippen LogP contribution < -0.4 is 0 Å². The minimum Gasteiger partial charge on any atom is -0.207 e. The summed E-state index contributed by atoms with van der Waals surface area (Å²) in [6, 6.07) is 3.68. The first kappa shape index (κ1) is 15.9. The molecule has 0 saturated heterocycles. The summed E-state index contributed by atoms with van der Waals surface area (Å²) in [4.78, 5) is -0.355. The molecule has 0 N–H and O–H groups in total. The fraction of sp³-hybridized carbons (Fsp3) is 0.455. The van der Waals surface area contributed by atoms with Crippen LogP contribution in [0, 0.1) is 5.82 Å². The Morgan fingerprint density at radius 2 is 1.68 bits per heavy atom. The van der Waals surface area contributed by atoms with E-state index in [9.17, 15) is 26.0 Å². The maximum atomic E-state index is 12.7. The minimum absolute atomic E-state index is 0.247. The van der Waals surface area contributed by atoms with E-state index in [1.165, 1.54) is 0 Å². The molecule has 0 aliphatic heterocycles. The van der Waals surface area contributed by atoms with Gasteiger partial charge in [0.15, 0.2) is 0 Å². The summed E-state index contributed by atoms with van der Waals surface area (Å²) in [5.41, 5.74) is 0. The first-order valence-corrected chi connectivity index (χ1v) is 6.93. The molecule has 0 aliphatic rings. The zero-order valence-corrected chi connectivity index (χ0v) is 10.9. The Kier molecular flexibility index (Phi) is 4.92. The Bertz CT molecular complexity index is 510. The van der Waals surface area contributed by atoms with Crippen molar-refractivity contribution in [2.24, 2.45) is 0 Å². The molecule has 8 heteroatoms. The zero-order valence-electron chi connectivity index (χ0n) is 10.1. The van der Waals surface area contributed by atoms with E-state index in [1.807, 2.05) is 0 Å². The number of benzene rings is 1. The molecule has 0 aliphatic carbocycles. The quantitative estimate of drug-likeness (QED) is 0.784. The summed E-state index contributed by atoms with van der Waals surface area (Å²) in [6.45, 7) is -0.233. The van der Waals surface area contributed by atoms with Gasteiger partial charge in [0.25, 0.3) is 0 Å². The van der Waals surface area contributed by atoms with Gasteiger partial charge in [-0.05, 0) is 30.7 Å². The normalized spacial score (nSPS) is 12.9. The maximum Gasteiger partial charge on any atom is 0.402 e. The monoisotopic (exact) mass is 299 g/mol. The molecule has 0 atom stereocenters. The highest BCUT2D eigenvalue weighted by atomic mass is 32.2. The Morgan fingerprint density at radius 3 is 2.11 bits per heavy atom. The van der Waals surface area contributed by atoms with Crippen LogP contribution in [0.5, 0.6) is 0 Å². The van der Waals surface area contributed by atoms with Crippen molar-refractivity contribution in [3.63, 3.8) is 0 Å². The van der Waals surface area contributed by atoms with Crippen molar-refractivity contribution in [3.05, 3.63) is 30.1 Å². The fourth-order valence-electron chi connectivity index (χ4n) is 1.49. The molecule has 1 aromatic rings. The smallest absolute Gasteiger partial charge is 0.207 e. The van der Waals surface area contributed by atoms with E-state index in [0.29, 0.717) is 4.31 Å². The predicted molar refractivity (Wildman–Crippen MR) is 61.5 cm³/mol. The van der Waals surface area contributed by atoms with Gasteiger partial charge in [0.2, 0.25) is 10.0 Å². The van der Waals surface area contributed by atoms with E-state index in [-0.39, 0.29) is 17.9 Å². The fourth-order valence-corrected chi connectivity index (χ4v) is 3.01. The lowest BCUT2D eigenvalue weighted by Gasteiger charge is -2.22. The van der Waals surface area contributed by atoms with Gasteiger partial charge in [-0.3, -0.25) is 0 Å². The molecule has 108 valence electrons. The highest BCUT2D eigenvalue weighted by Gasteiger charge is 2.36. The van der Waals surface area contributed by atoms with Gasteiger partial charge >= 0.3 is 6.18 Å². The molecule has 19 heavy (non-hydrogen) atoms. The number of alkyl halides is 3. The van der Waals surface area contributed by atoms with E-state index >= 15 is 0 Å². The van der Waals surface area contributed by atoms with Crippen LogP contribution in [0.3, 0.4) is 0 Å². The van der Waals surface area contributed by atoms with E-state index in [4.69, 9.17) is 0 Å². The molecule has 1 rings (SSSR count). The van der Waals surface area contributed by atoms with Gasteiger partial charge in [0, 0.05) is 6.54 Å². The van der Waals surface area contributed by atoms with Gasteiger partial charge in [-0.25, -0.2) is 12.8 Å². The van der Waals surface area contributed by atoms with Crippen LogP contribution >= 0.6 is 0 Å². The summed E-state index contributed by atoms with van der Waals surface area (Å²) >= 11 is 0. The Morgan fingerprint density at radius 1 is 1.16 bits per heavy atom. The number of hydrogen-bond donors (Lipinski definition) is 0. The summed E-state index contributed by atoms with van der Waals surface area (Å²) in [5, 5.41) is 0. The SMILES string of the molecule is CCCN(CC(F)(F)F)S(=O)(=O)c1ccc(F)cc1. The van der Waals surface area contributed by atoms with E-state index in [1.54, 1.807) is 6.92 Å². The third-order valence-corrected chi connectivity index (χ3v) is 4.14. The van der Waals surface area contributed by atoms with Gasteiger partial charge < -0.3 is 0 Å². The third-order valence-electron chi connectivity index (χ3n) is 2.28. The van der Waals surface area contributed by atoms with Crippen molar-refractivity contribution in [2.75, 3.05) is 13.1 Å². The second-order valence-electron chi connectivity index (χ2n) is 3.91. The van der Waals surface area contributed by atoms with Gasteiger partial charge in [0.1, 0.15) is 12.4 Å². The van der Waals surface area contributed by atoms with Crippen LogP contribution in [0.1, 0.15) is 13.3 Å². The molecule has 1 aromatic carbocycles. The van der Waals surface area contributed by atoms with Crippen LogP contribution in [0.25, 0.3) is 0 Å². The lowest BCUT2D eigenvalue weighted by molar-refractivity contribution is -0.136. The molecule has 0 aromatic heterocycles. The summed E-state index contributed by atoms with van der Waals surface area (Å²) in [5.74, 6) is -0.656. The average molecular weight is 299 g/mol. The van der Waals surface area contributed by atoms with Crippen molar-refractivity contribution in [1.82, 2.24) is 4.31 Å². The van der Waals surface area contributed by atoms with Crippen molar-refractivity contribution in [3.8, 4) is 0 Å². The van der Waals surface area contributed by atoms with Crippen LogP contribution in [0.15, 0.2) is 29.2 Å². The second kappa shape index (κ2) is 5.87. The zero-order chi connectivity index (χ0) is 14.7. The molecule has 0 unspecified atom stereocenters. The van der Waals surface area contributed by atoms with Crippen molar-refractivity contribution in [1.29, 1.82) is 0 Å². The largest absolute Gasteiger partial charge is 0.402 e. The topological polar surface area (TPSA) is 37.4 Å². The summed E-state index contributed by atoms with van der Waals surface area (Å²) in [7, 11) is -4.27. The maximum absolute atomic E-state index is 12.7. The Labute approximate surface area is 108 Å². The molecular weight excluding hydrogens is 286 g/mol. The highest BCUT2D eigenvalue weighted by Crippen LogP contribution is 2.23. The van der Waals surface area contributed by atoms with Crippen LogP contribution in [0.4, 0.5) is 17.6 Å².